The van der Waals surface area contributed by atoms with Gasteiger partial charge in [0.05, 0.1) is 16.1 Å². The second-order valence-electron chi connectivity index (χ2n) is 10.2. The van der Waals surface area contributed by atoms with Gasteiger partial charge >= 0.3 is 11.9 Å². The number of ether oxygens (including phenoxy) is 1. The van der Waals surface area contributed by atoms with Crippen molar-refractivity contribution in [3.63, 3.8) is 0 Å². The van der Waals surface area contributed by atoms with Gasteiger partial charge in [0.25, 0.3) is 5.69 Å². The molecule has 0 aliphatic carbocycles. The fourth-order valence-electron chi connectivity index (χ4n) is 4.44. The zero-order valence-corrected chi connectivity index (χ0v) is 23.6. The highest BCUT2D eigenvalue weighted by Crippen LogP contribution is 2.33. The summed E-state index contributed by atoms with van der Waals surface area (Å²) in [4.78, 5) is 49.7. The van der Waals surface area contributed by atoms with Gasteiger partial charge in [-0.1, -0.05) is 49.7 Å². The van der Waals surface area contributed by atoms with Crippen LogP contribution in [-0.4, -0.2) is 27.2 Å². The summed E-state index contributed by atoms with van der Waals surface area (Å²) >= 11 is 0. The number of hydrogen-bond donors (Lipinski definition) is 2. The van der Waals surface area contributed by atoms with E-state index in [1.54, 1.807) is 37.3 Å². The second-order valence-corrected chi connectivity index (χ2v) is 10.2. The Morgan fingerprint density at radius 2 is 1.44 bits per heavy atom. The number of nitrogens with zero attached hydrogens (tertiary/aromatic N) is 1. The van der Waals surface area contributed by atoms with Gasteiger partial charge < -0.3 is 14.7 Å². The largest absolute Gasteiger partial charge is 0.478 e. The molecular weight excluding hydrogens is 558 g/mol. The van der Waals surface area contributed by atoms with Crippen LogP contribution in [0, 0.1) is 17.0 Å². The number of carbonyl (C=O) groups is 2. The number of nitro groups is 1. The van der Waals surface area contributed by atoms with E-state index >= 15 is 0 Å². The van der Waals surface area contributed by atoms with Crippen LogP contribution < -0.4 is 9.62 Å². The van der Waals surface area contributed by atoms with Crippen molar-refractivity contribution in [1.82, 2.24) is 0 Å². The van der Waals surface area contributed by atoms with E-state index in [1.165, 1.54) is 30.3 Å². The molecule has 43 heavy (non-hydrogen) atoms. The summed E-state index contributed by atoms with van der Waals surface area (Å²) in [5.74, 6) is -1.28. The molecule has 4 aromatic carbocycles. The molecule has 0 aliphatic heterocycles. The normalized spacial score (nSPS) is 11.2. The SMILES string of the molecule is Cc1ccc(C(=O)O)c(C(=O)Oc2ccc(C(C)(C)c3ccc(OOCc4cc([N+](=O)[O-])ccc4COO)cc3)cc2)c1. The van der Waals surface area contributed by atoms with Gasteiger partial charge in [-0.25, -0.2) is 14.5 Å². The topological polar surface area (TPSA) is 155 Å². The molecule has 0 radical (unpaired) electrons. The molecule has 0 spiro atoms. The van der Waals surface area contributed by atoms with Crippen LogP contribution in [-0.2, 0) is 28.4 Å². The van der Waals surface area contributed by atoms with E-state index in [0.717, 1.165) is 16.7 Å². The van der Waals surface area contributed by atoms with E-state index in [4.69, 9.17) is 19.8 Å². The molecule has 0 unspecified atom stereocenters. The Morgan fingerprint density at radius 3 is 2.02 bits per heavy atom. The Balaban J connectivity index is 1.40. The number of benzene rings is 4. The maximum Gasteiger partial charge on any atom is 0.344 e. The summed E-state index contributed by atoms with van der Waals surface area (Å²) in [5, 5.41) is 29.3. The van der Waals surface area contributed by atoms with Crippen LogP contribution in [0.4, 0.5) is 5.69 Å². The minimum absolute atomic E-state index is 0.0205. The van der Waals surface area contributed by atoms with Gasteiger partial charge in [-0.15, -0.1) is 0 Å². The van der Waals surface area contributed by atoms with Crippen molar-refractivity contribution >= 4 is 17.6 Å². The molecule has 4 rings (SSSR count). The van der Waals surface area contributed by atoms with Crippen molar-refractivity contribution in [2.45, 2.75) is 39.4 Å². The number of carboxylic acid groups (broad SMARTS) is 1. The number of esters is 1. The number of aromatic carboxylic acids is 1. The molecule has 0 aromatic heterocycles. The molecule has 0 saturated carbocycles. The van der Waals surface area contributed by atoms with Gasteiger partial charge in [0.2, 0.25) is 0 Å². The van der Waals surface area contributed by atoms with E-state index in [9.17, 15) is 24.8 Å². The molecule has 0 heterocycles. The molecule has 0 atom stereocenters. The van der Waals surface area contributed by atoms with Gasteiger partial charge in [-0.3, -0.25) is 15.4 Å². The maximum absolute atomic E-state index is 12.7. The lowest BCUT2D eigenvalue weighted by molar-refractivity contribution is -0.385. The Labute approximate surface area is 246 Å². The summed E-state index contributed by atoms with van der Waals surface area (Å²) in [6, 6.07) is 22.7. The van der Waals surface area contributed by atoms with Crippen molar-refractivity contribution < 1.29 is 44.3 Å². The first-order valence-corrected chi connectivity index (χ1v) is 13.1. The fourth-order valence-corrected chi connectivity index (χ4v) is 4.44. The number of non-ortho nitro benzene ring substituents is 1. The molecule has 0 bridgehead atoms. The van der Waals surface area contributed by atoms with Gasteiger partial charge in [0.15, 0.2) is 5.75 Å². The quantitative estimate of drug-likeness (QED) is 0.0605. The number of nitro benzene ring substituents is 1. The van der Waals surface area contributed by atoms with E-state index < -0.39 is 22.3 Å². The predicted molar refractivity (Wildman–Crippen MR) is 154 cm³/mol. The number of carboxylic acids is 1. The molecule has 11 heteroatoms. The molecular formula is C32H29NO10. The van der Waals surface area contributed by atoms with Crippen LogP contribution >= 0.6 is 0 Å². The molecule has 0 saturated heterocycles. The maximum atomic E-state index is 12.7. The Kier molecular flexibility index (Phi) is 9.51. The minimum Gasteiger partial charge on any atom is -0.478 e. The summed E-state index contributed by atoms with van der Waals surface area (Å²) in [5.41, 5.74) is 2.84. The van der Waals surface area contributed by atoms with Crippen LogP contribution in [0.5, 0.6) is 11.5 Å². The first kappa shape index (κ1) is 30.8. The van der Waals surface area contributed by atoms with Gasteiger partial charge in [0.1, 0.15) is 19.0 Å². The standard InChI is InChI=1S/C32H29NO10/c1-20-4-15-28(30(34)35)29(16-20)31(36)42-26-11-6-23(7-12-26)32(2,3)24-8-13-27(14-9-24)43-41-19-22-17-25(33(37)38)10-5-21(22)18-40-39/h4-17,39H,18-19H2,1-3H3,(H,34,35). The lowest BCUT2D eigenvalue weighted by Crippen LogP contribution is -2.19. The Bertz CT molecular complexity index is 1630. The van der Waals surface area contributed by atoms with Crippen molar-refractivity contribution in [2.24, 2.45) is 0 Å². The first-order chi connectivity index (χ1) is 20.5. The highest BCUT2D eigenvalue weighted by molar-refractivity contribution is 6.03. The molecule has 0 aliphatic rings. The smallest absolute Gasteiger partial charge is 0.344 e. The average Bonchev–Trinajstić information content (AvgIpc) is 2.98. The first-order valence-electron chi connectivity index (χ1n) is 13.1. The van der Waals surface area contributed by atoms with Gasteiger partial charge in [-0.2, -0.15) is 4.89 Å². The molecule has 4 aromatic rings. The molecule has 0 amide bonds. The van der Waals surface area contributed by atoms with Gasteiger partial charge in [-0.05, 0) is 71.6 Å². The number of carbonyl (C=O) groups excluding carboxylic acids is 1. The minimum atomic E-state index is -1.21. The monoisotopic (exact) mass is 587 g/mol. The van der Waals surface area contributed by atoms with Crippen LogP contribution in [0.1, 0.15) is 62.4 Å². The fraction of sp³-hybridized carbons (Fsp3) is 0.188. The predicted octanol–water partition coefficient (Wildman–Crippen LogP) is 6.65. The average molecular weight is 588 g/mol. The molecule has 222 valence electrons. The third-order valence-corrected chi connectivity index (χ3v) is 6.98. The van der Waals surface area contributed by atoms with Crippen molar-refractivity contribution in [2.75, 3.05) is 0 Å². The third-order valence-electron chi connectivity index (χ3n) is 6.98. The van der Waals surface area contributed by atoms with Crippen molar-refractivity contribution in [3.8, 4) is 11.5 Å². The zero-order chi connectivity index (χ0) is 31.1. The highest BCUT2D eigenvalue weighted by atomic mass is 17.2. The van der Waals surface area contributed by atoms with Gasteiger partial charge in [0, 0.05) is 17.5 Å². The molecule has 2 N–H and O–H groups in total. The lowest BCUT2D eigenvalue weighted by Gasteiger charge is -2.26. The summed E-state index contributed by atoms with van der Waals surface area (Å²) in [6.07, 6.45) is 0. The lowest BCUT2D eigenvalue weighted by atomic mass is 9.78. The third kappa shape index (κ3) is 7.41. The summed E-state index contributed by atoms with van der Waals surface area (Å²) in [6.45, 7) is 5.53. The van der Waals surface area contributed by atoms with Crippen LogP contribution in [0.15, 0.2) is 84.9 Å². The van der Waals surface area contributed by atoms with Crippen molar-refractivity contribution in [1.29, 1.82) is 0 Å². The highest BCUT2D eigenvalue weighted by Gasteiger charge is 2.24. The number of hydrogen-bond acceptors (Lipinski definition) is 9. The Hall–Kier alpha value is -5.10. The van der Waals surface area contributed by atoms with Crippen LogP contribution in [0.3, 0.4) is 0 Å². The second kappa shape index (κ2) is 13.3. The Morgan fingerprint density at radius 1 is 0.814 bits per heavy atom. The summed E-state index contributed by atoms with van der Waals surface area (Å²) in [7, 11) is 0. The molecule has 0 fully saturated rings. The number of aryl methyl sites for hydroxylation is 1. The summed E-state index contributed by atoms with van der Waals surface area (Å²) < 4.78 is 5.46. The van der Waals surface area contributed by atoms with E-state index in [1.807, 2.05) is 38.1 Å². The molecule has 11 nitrogen and oxygen atoms in total. The zero-order valence-electron chi connectivity index (χ0n) is 23.6. The van der Waals surface area contributed by atoms with E-state index in [2.05, 4.69) is 4.89 Å². The van der Waals surface area contributed by atoms with E-state index in [0.29, 0.717) is 16.9 Å². The van der Waals surface area contributed by atoms with Crippen LogP contribution in [0.25, 0.3) is 0 Å². The number of rotatable bonds is 12. The van der Waals surface area contributed by atoms with Crippen molar-refractivity contribution in [3.05, 3.63) is 134 Å². The van der Waals surface area contributed by atoms with Crippen LogP contribution in [0.2, 0.25) is 0 Å². The van der Waals surface area contributed by atoms with E-state index in [-0.39, 0.29) is 35.8 Å².